The molecule has 0 aliphatic carbocycles. The minimum absolute atomic E-state index is 0.0952. The molecule has 1 N–H and O–H groups in total. The third kappa shape index (κ3) is 6.78. The molecule has 1 aromatic heterocycles. The Morgan fingerprint density at radius 2 is 1.91 bits per heavy atom. The fraction of sp³-hybridized carbons (Fsp3) is 0.480. The van der Waals surface area contributed by atoms with E-state index in [0.29, 0.717) is 55.1 Å². The van der Waals surface area contributed by atoms with Crippen LogP contribution in [0.5, 0.6) is 0 Å². The van der Waals surface area contributed by atoms with Gasteiger partial charge < -0.3 is 15.0 Å². The predicted octanol–water partition coefficient (Wildman–Crippen LogP) is 4.23. The summed E-state index contributed by atoms with van der Waals surface area (Å²) in [4.78, 5) is 31.9. The van der Waals surface area contributed by atoms with E-state index in [2.05, 4.69) is 16.2 Å². The summed E-state index contributed by atoms with van der Waals surface area (Å²) in [7, 11) is 0. The predicted molar refractivity (Wildman–Crippen MR) is 126 cm³/mol. The van der Waals surface area contributed by atoms with Crippen LogP contribution < -0.4 is 10.9 Å². The van der Waals surface area contributed by atoms with Crippen molar-refractivity contribution in [3.05, 3.63) is 57.0 Å². The van der Waals surface area contributed by atoms with E-state index in [1.807, 2.05) is 0 Å². The number of nitrogens with zero attached hydrogens (tertiary/aromatic N) is 3. The Morgan fingerprint density at radius 1 is 1.23 bits per heavy atom. The Morgan fingerprint density at radius 3 is 2.51 bits per heavy atom. The van der Waals surface area contributed by atoms with Gasteiger partial charge in [0.1, 0.15) is 5.60 Å². The minimum Gasteiger partial charge on any atom is -0.444 e. The Bertz CT molecular complexity index is 1160. The summed E-state index contributed by atoms with van der Waals surface area (Å²) in [6.45, 7) is 6.40. The van der Waals surface area contributed by atoms with Gasteiger partial charge in [0.05, 0.1) is 23.4 Å². The van der Waals surface area contributed by atoms with Crippen molar-refractivity contribution in [3.63, 3.8) is 0 Å². The highest BCUT2D eigenvalue weighted by atomic mass is 19.4. The normalized spacial score (nSPS) is 13.7. The number of terminal acetylenes is 1. The molecule has 0 bridgehead atoms. The van der Waals surface area contributed by atoms with Gasteiger partial charge in [0.25, 0.3) is 5.56 Å². The van der Waals surface area contributed by atoms with Crippen molar-refractivity contribution in [2.24, 2.45) is 0 Å². The molecule has 1 aromatic carbocycles. The summed E-state index contributed by atoms with van der Waals surface area (Å²) in [5, 5.41) is 3.13. The highest BCUT2D eigenvalue weighted by Gasteiger charge is 2.30. The van der Waals surface area contributed by atoms with E-state index in [0.717, 1.165) is 12.1 Å². The highest BCUT2D eigenvalue weighted by molar-refractivity contribution is 5.68. The molecule has 1 aliphatic rings. The van der Waals surface area contributed by atoms with Crippen LogP contribution in [0, 0.1) is 12.3 Å². The molecule has 1 amide bonds. The SMILES string of the molecule is C#CCCn1c(NCCc2ccc(C(F)(F)F)cc2)nc2c(c1=O)CN(C(=O)OC(C)(C)C)CC2. The summed E-state index contributed by atoms with van der Waals surface area (Å²) in [6, 6.07) is 4.96. The molecule has 1 aliphatic heterocycles. The van der Waals surface area contributed by atoms with E-state index < -0.39 is 23.4 Å². The smallest absolute Gasteiger partial charge is 0.416 e. The fourth-order valence-electron chi connectivity index (χ4n) is 3.69. The van der Waals surface area contributed by atoms with Crippen molar-refractivity contribution in [2.45, 2.75) is 64.9 Å². The number of hydrogen-bond acceptors (Lipinski definition) is 5. The monoisotopic (exact) mass is 490 g/mol. The maximum atomic E-state index is 13.3. The van der Waals surface area contributed by atoms with Gasteiger partial charge in [0.2, 0.25) is 5.95 Å². The average molecular weight is 491 g/mol. The first-order valence-corrected chi connectivity index (χ1v) is 11.3. The zero-order valence-corrected chi connectivity index (χ0v) is 20.0. The Kier molecular flexibility index (Phi) is 7.78. The van der Waals surface area contributed by atoms with Crippen LogP contribution in [0.1, 0.15) is 49.6 Å². The molecule has 7 nitrogen and oxygen atoms in total. The number of anilines is 1. The maximum absolute atomic E-state index is 13.3. The Hall–Kier alpha value is -3.48. The number of rotatable bonds is 6. The van der Waals surface area contributed by atoms with E-state index in [-0.39, 0.29) is 18.6 Å². The lowest BCUT2D eigenvalue weighted by molar-refractivity contribution is -0.137. The third-order valence-corrected chi connectivity index (χ3v) is 5.43. The average Bonchev–Trinajstić information content (AvgIpc) is 2.77. The first kappa shape index (κ1) is 26.1. The van der Waals surface area contributed by atoms with Gasteiger partial charge in [-0.15, -0.1) is 12.3 Å². The lowest BCUT2D eigenvalue weighted by atomic mass is 10.1. The van der Waals surface area contributed by atoms with Gasteiger partial charge in [-0.1, -0.05) is 12.1 Å². The molecule has 2 aromatic rings. The van der Waals surface area contributed by atoms with E-state index >= 15 is 0 Å². The van der Waals surface area contributed by atoms with Crippen molar-refractivity contribution < 1.29 is 22.7 Å². The van der Waals surface area contributed by atoms with Crippen LogP contribution in [0.4, 0.5) is 23.9 Å². The zero-order chi connectivity index (χ0) is 25.8. The summed E-state index contributed by atoms with van der Waals surface area (Å²) in [5.74, 6) is 2.86. The Labute approximate surface area is 202 Å². The van der Waals surface area contributed by atoms with Crippen LogP contribution in [-0.4, -0.2) is 39.2 Å². The number of amides is 1. The lowest BCUT2D eigenvalue weighted by Gasteiger charge is -2.31. The van der Waals surface area contributed by atoms with Crippen LogP contribution in [-0.2, 0) is 36.8 Å². The number of halogens is 3. The van der Waals surface area contributed by atoms with Gasteiger partial charge in [-0.05, 0) is 44.9 Å². The molecule has 2 heterocycles. The molecule has 0 spiro atoms. The first-order valence-electron chi connectivity index (χ1n) is 11.3. The fourth-order valence-corrected chi connectivity index (χ4v) is 3.69. The van der Waals surface area contributed by atoms with Crippen LogP contribution in [0.15, 0.2) is 29.1 Å². The molecule has 0 fully saturated rings. The van der Waals surface area contributed by atoms with E-state index in [1.54, 1.807) is 20.8 Å². The topological polar surface area (TPSA) is 76.5 Å². The molecule has 0 saturated carbocycles. The van der Waals surface area contributed by atoms with Crippen LogP contribution in [0.3, 0.4) is 0 Å². The quantitative estimate of drug-likeness (QED) is 0.614. The van der Waals surface area contributed by atoms with E-state index in [4.69, 9.17) is 11.2 Å². The van der Waals surface area contributed by atoms with Crippen molar-refractivity contribution in [1.82, 2.24) is 14.5 Å². The van der Waals surface area contributed by atoms with Crippen LogP contribution >= 0.6 is 0 Å². The van der Waals surface area contributed by atoms with Crippen LogP contribution in [0.25, 0.3) is 0 Å². The van der Waals surface area contributed by atoms with E-state index in [1.165, 1.54) is 21.6 Å². The largest absolute Gasteiger partial charge is 0.444 e. The highest BCUT2D eigenvalue weighted by Crippen LogP contribution is 2.29. The number of fused-ring (bicyclic) bond motifs is 1. The number of nitrogens with one attached hydrogen (secondary N) is 1. The number of aromatic nitrogens is 2. The van der Waals surface area contributed by atoms with Crippen molar-refractivity contribution >= 4 is 12.0 Å². The third-order valence-electron chi connectivity index (χ3n) is 5.43. The molecule has 0 saturated heterocycles. The van der Waals surface area contributed by atoms with Gasteiger partial charge in [-0.2, -0.15) is 13.2 Å². The second kappa shape index (κ2) is 10.4. The summed E-state index contributed by atoms with van der Waals surface area (Å²) >= 11 is 0. The van der Waals surface area contributed by atoms with Gasteiger partial charge in [-0.3, -0.25) is 9.36 Å². The molecule has 35 heavy (non-hydrogen) atoms. The second-order valence-electron chi connectivity index (χ2n) is 9.29. The standard InChI is InChI=1S/C25H29F3N4O3/c1-5-6-14-32-21(33)19-16-31(23(34)35-24(2,3)4)15-12-20(19)30-22(32)29-13-11-17-7-9-18(10-8-17)25(26,27)28/h1,7-10H,6,11-16H2,2-4H3,(H,29,30). The second-order valence-corrected chi connectivity index (χ2v) is 9.29. The summed E-state index contributed by atoms with van der Waals surface area (Å²) in [5.41, 5.74) is 0.110. The van der Waals surface area contributed by atoms with Gasteiger partial charge in [-0.25, -0.2) is 9.78 Å². The van der Waals surface area contributed by atoms with E-state index in [9.17, 15) is 22.8 Å². The van der Waals surface area contributed by atoms with Crippen molar-refractivity contribution in [2.75, 3.05) is 18.4 Å². The number of carbonyl (C=O) groups is 1. The summed E-state index contributed by atoms with van der Waals surface area (Å²) in [6.07, 6.45) is 1.67. The number of alkyl halides is 3. The van der Waals surface area contributed by atoms with Gasteiger partial charge in [0.15, 0.2) is 0 Å². The zero-order valence-electron chi connectivity index (χ0n) is 20.0. The van der Waals surface area contributed by atoms with Gasteiger partial charge in [0, 0.05) is 32.5 Å². The number of benzene rings is 1. The van der Waals surface area contributed by atoms with Crippen molar-refractivity contribution in [1.29, 1.82) is 0 Å². The number of ether oxygens (including phenoxy) is 1. The minimum atomic E-state index is -4.38. The summed E-state index contributed by atoms with van der Waals surface area (Å²) < 4.78 is 45.2. The molecule has 0 atom stereocenters. The van der Waals surface area contributed by atoms with Gasteiger partial charge >= 0.3 is 12.3 Å². The molecule has 0 unspecified atom stereocenters. The molecule has 10 heteroatoms. The molecule has 0 radical (unpaired) electrons. The molecule has 3 rings (SSSR count). The first-order chi connectivity index (χ1) is 16.4. The Balaban J connectivity index is 1.76. The maximum Gasteiger partial charge on any atom is 0.416 e. The molecular weight excluding hydrogens is 461 g/mol. The number of hydrogen-bond donors (Lipinski definition) is 1. The van der Waals surface area contributed by atoms with Crippen molar-refractivity contribution in [3.8, 4) is 12.3 Å². The van der Waals surface area contributed by atoms with Crippen LogP contribution in [0.2, 0.25) is 0 Å². The molecular formula is C25H29F3N4O3. The lowest BCUT2D eigenvalue weighted by Crippen LogP contribution is -2.43. The molecule has 188 valence electrons. The number of carbonyl (C=O) groups excluding carboxylic acids is 1.